The second-order valence-corrected chi connectivity index (χ2v) is 4.63. The molecule has 0 saturated heterocycles. The molecule has 0 aromatic heterocycles. The van der Waals surface area contributed by atoms with Crippen LogP contribution in [0.5, 0.6) is 17.2 Å². The van der Waals surface area contributed by atoms with E-state index in [9.17, 15) is 10.2 Å². The standard InChI is InChI=1S/C16H14O3/c1-10-15(18)7-4-12-8-13(9-19-16(10)12)11-2-5-14(17)6-3-11/h2-8,17-18H,9H2,1H3. The van der Waals surface area contributed by atoms with Gasteiger partial charge in [0, 0.05) is 11.1 Å². The second kappa shape index (κ2) is 4.35. The molecule has 19 heavy (non-hydrogen) atoms. The Kier molecular flexibility index (Phi) is 2.67. The van der Waals surface area contributed by atoms with Gasteiger partial charge in [0.15, 0.2) is 0 Å². The Morgan fingerprint density at radius 1 is 1.00 bits per heavy atom. The number of ether oxygens (including phenoxy) is 1. The number of rotatable bonds is 1. The minimum absolute atomic E-state index is 0.250. The molecular formula is C16H14O3. The van der Waals surface area contributed by atoms with Crippen LogP contribution in [0.25, 0.3) is 11.6 Å². The van der Waals surface area contributed by atoms with Crippen LogP contribution < -0.4 is 4.74 Å². The third-order valence-corrected chi connectivity index (χ3v) is 3.35. The monoisotopic (exact) mass is 254 g/mol. The summed E-state index contributed by atoms with van der Waals surface area (Å²) < 4.78 is 5.74. The van der Waals surface area contributed by atoms with E-state index in [1.165, 1.54) is 0 Å². The molecule has 2 aromatic carbocycles. The second-order valence-electron chi connectivity index (χ2n) is 4.63. The van der Waals surface area contributed by atoms with Gasteiger partial charge in [-0.2, -0.15) is 0 Å². The molecule has 0 saturated carbocycles. The lowest BCUT2D eigenvalue weighted by molar-refractivity contribution is 0.358. The maximum Gasteiger partial charge on any atom is 0.133 e. The summed E-state index contributed by atoms with van der Waals surface area (Å²) in [5, 5.41) is 19.0. The average molecular weight is 254 g/mol. The summed E-state index contributed by atoms with van der Waals surface area (Å²) in [6.07, 6.45) is 2.05. The van der Waals surface area contributed by atoms with Crippen molar-refractivity contribution in [1.82, 2.24) is 0 Å². The van der Waals surface area contributed by atoms with Crippen LogP contribution in [0.4, 0.5) is 0 Å². The van der Waals surface area contributed by atoms with Gasteiger partial charge in [-0.3, -0.25) is 0 Å². The fourth-order valence-electron chi connectivity index (χ4n) is 2.23. The summed E-state index contributed by atoms with van der Waals surface area (Å²) in [6.45, 7) is 2.30. The molecule has 0 amide bonds. The zero-order valence-corrected chi connectivity index (χ0v) is 10.6. The molecule has 1 aliphatic heterocycles. The number of benzene rings is 2. The van der Waals surface area contributed by atoms with Crippen molar-refractivity contribution < 1.29 is 14.9 Å². The predicted molar refractivity (Wildman–Crippen MR) is 74.3 cm³/mol. The molecule has 0 bridgehead atoms. The highest BCUT2D eigenvalue weighted by molar-refractivity contribution is 5.86. The Hall–Kier alpha value is -2.42. The zero-order valence-electron chi connectivity index (χ0n) is 10.6. The predicted octanol–water partition coefficient (Wildman–Crippen LogP) is 3.34. The van der Waals surface area contributed by atoms with Gasteiger partial charge in [0.05, 0.1) is 0 Å². The minimum atomic E-state index is 0.250. The first kappa shape index (κ1) is 11.7. The van der Waals surface area contributed by atoms with Crippen LogP contribution in [-0.4, -0.2) is 16.8 Å². The fraction of sp³-hybridized carbons (Fsp3) is 0.125. The molecular weight excluding hydrogens is 240 g/mol. The van der Waals surface area contributed by atoms with Gasteiger partial charge in [0.1, 0.15) is 23.9 Å². The van der Waals surface area contributed by atoms with Gasteiger partial charge < -0.3 is 14.9 Å². The van der Waals surface area contributed by atoms with Gasteiger partial charge in [-0.05, 0) is 48.4 Å². The summed E-state index contributed by atoms with van der Waals surface area (Å²) >= 11 is 0. The highest BCUT2D eigenvalue weighted by Gasteiger charge is 2.16. The molecule has 3 rings (SSSR count). The third kappa shape index (κ3) is 2.03. The number of phenolic OH excluding ortho intramolecular Hbond substituents is 2. The van der Waals surface area contributed by atoms with Crippen LogP contribution in [0.15, 0.2) is 36.4 Å². The minimum Gasteiger partial charge on any atom is -0.508 e. The van der Waals surface area contributed by atoms with Gasteiger partial charge in [-0.25, -0.2) is 0 Å². The first-order valence-electron chi connectivity index (χ1n) is 6.10. The van der Waals surface area contributed by atoms with Crippen molar-refractivity contribution >= 4 is 11.6 Å². The molecule has 3 nitrogen and oxygen atoms in total. The van der Waals surface area contributed by atoms with Crippen LogP contribution in [-0.2, 0) is 0 Å². The van der Waals surface area contributed by atoms with Gasteiger partial charge in [0.2, 0.25) is 0 Å². The lowest BCUT2D eigenvalue weighted by atomic mass is 9.99. The van der Waals surface area contributed by atoms with Gasteiger partial charge in [-0.15, -0.1) is 0 Å². The third-order valence-electron chi connectivity index (χ3n) is 3.35. The molecule has 0 aliphatic carbocycles. The van der Waals surface area contributed by atoms with Crippen LogP contribution in [0.2, 0.25) is 0 Å². The number of hydrogen-bond acceptors (Lipinski definition) is 3. The van der Waals surface area contributed by atoms with Crippen LogP contribution in [0, 0.1) is 6.92 Å². The largest absolute Gasteiger partial charge is 0.508 e. The molecule has 1 aliphatic rings. The summed E-state index contributed by atoms with van der Waals surface area (Å²) in [7, 11) is 0. The maximum absolute atomic E-state index is 9.66. The number of fused-ring (bicyclic) bond motifs is 1. The molecule has 1 heterocycles. The van der Waals surface area contributed by atoms with E-state index < -0.39 is 0 Å². The van der Waals surface area contributed by atoms with Crippen molar-refractivity contribution in [3.05, 3.63) is 53.1 Å². The molecule has 2 aromatic rings. The highest BCUT2D eigenvalue weighted by Crippen LogP contribution is 2.37. The van der Waals surface area contributed by atoms with E-state index in [2.05, 4.69) is 6.08 Å². The number of phenols is 2. The molecule has 0 unspecified atom stereocenters. The first-order valence-corrected chi connectivity index (χ1v) is 6.10. The van der Waals surface area contributed by atoms with E-state index >= 15 is 0 Å². The van der Waals surface area contributed by atoms with E-state index in [1.54, 1.807) is 18.2 Å². The summed E-state index contributed by atoms with van der Waals surface area (Å²) in [5.41, 5.74) is 3.80. The molecule has 0 spiro atoms. The summed E-state index contributed by atoms with van der Waals surface area (Å²) in [6, 6.07) is 10.6. The quantitative estimate of drug-likeness (QED) is 0.820. The molecule has 96 valence electrons. The van der Waals surface area contributed by atoms with Crippen LogP contribution in [0.3, 0.4) is 0 Å². The van der Waals surface area contributed by atoms with Crippen molar-refractivity contribution in [1.29, 1.82) is 0 Å². The number of hydrogen-bond donors (Lipinski definition) is 2. The average Bonchev–Trinajstić information content (AvgIpc) is 2.43. The SMILES string of the molecule is Cc1c(O)ccc2c1OCC(c1ccc(O)cc1)=C2. The van der Waals surface area contributed by atoms with Crippen molar-refractivity contribution in [2.75, 3.05) is 6.61 Å². The summed E-state index contributed by atoms with van der Waals surface area (Å²) in [4.78, 5) is 0. The highest BCUT2D eigenvalue weighted by atomic mass is 16.5. The maximum atomic E-state index is 9.66. The Morgan fingerprint density at radius 3 is 2.47 bits per heavy atom. The molecule has 0 fully saturated rings. The van der Waals surface area contributed by atoms with Crippen LogP contribution >= 0.6 is 0 Å². The normalized spacial score (nSPS) is 13.4. The van der Waals surface area contributed by atoms with E-state index in [0.29, 0.717) is 6.61 Å². The topological polar surface area (TPSA) is 49.7 Å². The van der Waals surface area contributed by atoms with Crippen molar-refractivity contribution in [3.63, 3.8) is 0 Å². The van der Waals surface area contributed by atoms with Crippen molar-refractivity contribution in [2.24, 2.45) is 0 Å². The van der Waals surface area contributed by atoms with Gasteiger partial charge in [-0.1, -0.05) is 12.1 Å². The molecule has 3 heteroatoms. The fourth-order valence-corrected chi connectivity index (χ4v) is 2.23. The molecule has 0 radical (unpaired) electrons. The smallest absolute Gasteiger partial charge is 0.133 e. The van der Waals surface area contributed by atoms with E-state index in [0.717, 1.165) is 28.0 Å². The molecule has 0 atom stereocenters. The lowest BCUT2D eigenvalue weighted by Crippen LogP contribution is -2.07. The summed E-state index contributed by atoms with van der Waals surface area (Å²) in [5.74, 6) is 1.24. The van der Waals surface area contributed by atoms with Gasteiger partial charge in [0.25, 0.3) is 0 Å². The Bertz CT molecular complexity index is 654. The Morgan fingerprint density at radius 2 is 1.74 bits per heavy atom. The van der Waals surface area contributed by atoms with E-state index in [1.807, 2.05) is 25.1 Å². The Labute approximate surface area is 111 Å². The van der Waals surface area contributed by atoms with Crippen LogP contribution in [0.1, 0.15) is 16.7 Å². The van der Waals surface area contributed by atoms with Crippen molar-refractivity contribution in [3.8, 4) is 17.2 Å². The molecule has 2 N–H and O–H groups in total. The van der Waals surface area contributed by atoms with E-state index in [-0.39, 0.29) is 11.5 Å². The van der Waals surface area contributed by atoms with E-state index in [4.69, 9.17) is 4.74 Å². The van der Waals surface area contributed by atoms with Gasteiger partial charge >= 0.3 is 0 Å². The number of aromatic hydroxyl groups is 2. The Balaban J connectivity index is 2.04. The zero-order chi connectivity index (χ0) is 13.4. The lowest BCUT2D eigenvalue weighted by Gasteiger charge is -2.20. The first-order chi connectivity index (χ1) is 9.15. The van der Waals surface area contributed by atoms with Crippen molar-refractivity contribution in [2.45, 2.75) is 6.92 Å².